The third kappa shape index (κ3) is 4.10. The Labute approximate surface area is 148 Å². The van der Waals surface area contributed by atoms with E-state index in [1.165, 1.54) is 23.9 Å². The number of hydrogen-bond acceptors (Lipinski definition) is 7. The van der Waals surface area contributed by atoms with E-state index < -0.39 is 0 Å². The molecule has 0 saturated heterocycles. The molecule has 7 nitrogen and oxygen atoms in total. The zero-order chi connectivity index (χ0) is 17.6. The topological polar surface area (TPSA) is 92.8 Å². The SMILES string of the molecule is CSc1nnc(COc2ccccc2)n1/N=C\c1ccc(O)c(O)c1. The van der Waals surface area contributed by atoms with E-state index in [2.05, 4.69) is 15.3 Å². The third-order valence-electron chi connectivity index (χ3n) is 3.29. The van der Waals surface area contributed by atoms with Gasteiger partial charge in [-0.15, -0.1) is 10.2 Å². The molecule has 0 aliphatic carbocycles. The van der Waals surface area contributed by atoms with Gasteiger partial charge in [0.15, 0.2) is 17.3 Å². The number of benzene rings is 2. The molecular formula is C17H16N4O3S. The van der Waals surface area contributed by atoms with Crippen molar-refractivity contribution in [1.82, 2.24) is 14.9 Å². The van der Waals surface area contributed by atoms with E-state index in [1.807, 2.05) is 36.6 Å². The number of aromatic nitrogens is 3. The number of thioether (sulfide) groups is 1. The number of hydrogen-bond donors (Lipinski definition) is 2. The first-order valence-corrected chi connectivity index (χ1v) is 8.62. The minimum absolute atomic E-state index is 0.178. The Hall–Kier alpha value is -3.00. The van der Waals surface area contributed by atoms with Gasteiger partial charge in [-0.25, -0.2) is 0 Å². The Bertz CT molecular complexity index is 881. The smallest absolute Gasteiger partial charge is 0.211 e. The molecule has 0 bridgehead atoms. The van der Waals surface area contributed by atoms with Gasteiger partial charge in [0.2, 0.25) is 5.16 Å². The molecule has 1 heterocycles. The van der Waals surface area contributed by atoms with Crippen LogP contribution in [0.1, 0.15) is 11.4 Å². The molecule has 3 aromatic rings. The van der Waals surface area contributed by atoms with Gasteiger partial charge >= 0.3 is 0 Å². The first-order valence-electron chi connectivity index (χ1n) is 7.40. The lowest BCUT2D eigenvalue weighted by molar-refractivity contribution is 0.290. The normalized spacial score (nSPS) is 11.1. The van der Waals surface area contributed by atoms with Crippen LogP contribution in [-0.4, -0.2) is 37.6 Å². The molecule has 2 aromatic carbocycles. The van der Waals surface area contributed by atoms with Crippen LogP contribution < -0.4 is 4.74 Å². The van der Waals surface area contributed by atoms with Gasteiger partial charge in [0.05, 0.1) is 6.21 Å². The number of nitrogens with zero attached hydrogens (tertiary/aromatic N) is 4. The molecule has 0 unspecified atom stereocenters. The van der Waals surface area contributed by atoms with E-state index in [-0.39, 0.29) is 18.1 Å². The second-order valence-corrected chi connectivity index (χ2v) is 5.78. The van der Waals surface area contributed by atoms with Crippen LogP contribution in [0.25, 0.3) is 0 Å². The molecule has 0 fully saturated rings. The fourth-order valence-electron chi connectivity index (χ4n) is 2.04. The third-order valence-corrected chi connectivity index (χ3v) is 3.91. The van der Waals surface area contributed by atoms with Crippen molar-refractivity contribution in [3.05, 3.63) is 59.9 Å². The van der Waals surface area contributed by atoms with E-state index in [0.29, 0.717) is 16.5 Å². The molecule has 0 radical (unpaired) electrons. The molecule has 3 rings (SSSR count). The Balaban J connectivity index is 1.80. The van der Waals surface area contributed by atoms with Gasteiger partial charge in [-0.3, -0.25) is 0 Å². The van der Waals surface area contributed by atoms with E-state index in [1.54, 1.807) is 17.0 Å². The predicted octanol–water partition coefficient (Wildman–Crippen LogP) is 2.87. The van der Waals surface area contributed by atoms with Crippen LogP contribution in [0.2, 0.25) is 0 Å². The highest BCUT2D eigenvalue weighted by molar-refractivity contribution is 7.98. The van der Waals surface area contributed by atoms with Crippen LogP contribution in [0.5, 0.6) is 17.2 Å². The second-order valence-electron chi connectivity index (χ2n) is 5.01. The number of ether oxygens (including phenoxy) is 1. The van der Waals surface area contributed by atoms with Crippen molar-refractivity contribution >= 4 is 18.0 Å². The van der Waals surface area contributed by atoms with Gasteiger partial charge in [0, 0.05) is 0 Å². The quantitative estimate of drug-likeness (QED) is 0.401. The molecular weight excluding hydrogens is 340 g/mol. The average molecular weight is 356 g/mol. The fraction of sp³-hybridized carbons (Fsp3) is 0.118. The zero-order valence-electron chi connectivity index (χ0n) is 13.4. The van der Waals surface area contributed by atoms with Crippen molar-refractivity contribution in [2.24, 2.45) is 5.10 Å². The summed E-state index contributed by atoms with van der Waals surface area (Å²) in [5.41, 5.74) is 0.631. The summed E-state index contributed by atoms with van der Waals surface area (Å²) in [7, 11) is 0. The zero-order valence-corrected chi connectivity index (χ0v) is 14.2. The van der Waals surface area contributed by atoms with Crippen LogP contribution >= 0.6 is 11.8 Å². The molecule has 0 amide bonds. The summed E-state index contributed by atoms with van der Waals surface area (Å²) in [6, 6.07) is 13.9. The molecule has 0 aliphatic rings. The molecule has 0 atom stereocenters. The van der Waals surface area contributed by atoms with Gasteiger partial charge in [0.1, 0.15) is 12.4 Å². The first kappa shape index (κ1) is 16.8. The predicted molar refractivity (Wildman–Crippen MR) is 95.3 cm³/mol. The summed E-state index contributed by atoms with van der Waals surface area (Å²) in [4.78, 5) is 0. The summed E-state index contributed by atoms with van der Waals surface area (Å²) in [5, 5.41) is 32.1. The largest absolute Gasteiger partial charge is 0.504 e. The minimum atomic E-state index is -0.203. The van der Waals surface area contributed by atoms with Gasteiger partial charge < -0.3 is 14.9 Å². The van der Waals surface area contributed by atoms with Gasteiger partial charge in [-0.05, 0) is 42.2 Å². The summed E-state index contributed by atoms with van der Waals surface area (Å²) in [6.07, 6.45) is 3.43. The Kier molecular flexibility index (Phi) is 5.20. The number of aromatic hydroxyl groups is 2. The summed E-state index contributed by atoms with van der Waals surface area (Å²) >= 11 is 1.41. The van der Waals surface area contributed by atoms with Gasteiger partial charge in [-0.2, -0.15) is 9.78 Å². The Morgan fingerprint density at radius 1 is 1.12 bits per heavy atom. The Morgan fingerprint density at radius 3 is 2.64 bits per heavy atom. The van der Waals surface area contributed by atoms with Crippen LogP contribution in [0.4, 0.5) is 0 Å². The maximum absolute atomic E-state index is 9.56. The maximum atomic E-state index is 9.56. The first-order chi connectivity index (χ1) is 12.2. The van der Waals surface area contributed by atoms with Crippen molar-refractivity contribution in [3.8, 4) is 17.2 Å². The molecule has 0 saturated carbocycles. The van der Waals surface area contributed by atoms with E-state index in [0.717, 1.165) is 5.75 Å². The van der Waals surface area contributed by atoms with Crippen molar-refractivity contribution in [2.45, 2.75) is 11.8 Å². The lowest BCUT2D eigenvalue weighted by Gasteiger charge is -2.06. The summed E-state index contributed by atoms with van der Waals surface area (Å²) < 4.78 is 7.28. The van der Waals surface area contributed by atoms with Crippen LogP contribution in [0.15, 0.2) is 58.8 Å². The summed E-state index contributed by atoms with van der Waals surface area (Å²) in [6.45, 7) is 0.218. The van der Waals surface area contributed by atoms with Crippen molar-refractivity contribution in [1.29, 1.82) is 0 Å². The molecule has 0 aliphatic heterocycles. The van der Waals surface area contributed by atoms with Gasteiger partial charge in [0.25, 0.3) is 0 Å². The lowest BCUT2D eigenvalue weighted by Crippen LogP contribution is -2.04. The molecule has 2 N–H and O–H groups in total. The van der Waals surface area contributed by atoms with Gasteiger partial charge in [-0.1, -0.05) is 30.0 Å². The van der Waals surface area contributed by atoms with Crippen LogP contribution in [-0.2, 0) is 6.61 Å². The highest BCUT2D eigenvalue weighted by Crippen LogP contribution is 2.24. The monoisotopic (exact) mass is 356 g/mol. The molecule has 1 aromatic heterocycles. The maximum Gasteiger partial charge on any atom is 0.211 e. The highest BCUT2D eigenvalue weighted by Gasteiger charge is 2.11. The molecule has 0 spiro atoms. The van der Waals surface area contributed by atoms with Crippen LogP contribution in [0.3, 0.4) is 0 Å². The van der Waals surface area contributed by atoms with E-state index in [4.69, 9.17) is 4.74 Å². The number of rotatable bonds is 6. The van der Waals surface area contributed by atoms with E-state index in [9.17, 15) is 10.2 Å². The fourth-order valence-corrected chi connectivity index (χ4v) is 2.49. The van der Waals surface area contributed by atoms with Crippen molar-refractivity contribution < 1.29 is 14.9 Å². The minimum Gasteiger partial charge on any atom is -0.504 e. The highest BCUT2D eigenvalue weighted by atomic mass is 32.2. The second kappa shape index (κ2) is 7.71. The number of phenols is 2. The summed E-state index contributed by atoms with van der Waals surface area (Å²) in [5.74, 6) is 0.899. The molecule has 8 heteroatoms. The van der Waals surface area contributed by atoms with Crippen molar-refractivity contribution in [3.63, 3.8) is 0 Å². The van der Waals surface area contributed by atoms with Crippen molar-refractivity contribution in [2.75, 3.05) is 6.26 Å². The lowest BCUT2D eigenvalue weighted by atomic mass is 10.2. The average Bonchev–Trinajstić information content (AvgIpc) is 3.04. The molecule has 25 heavy (non-hydrogen) atoms. The van der Waals surface area contributed by atoms with Crippen LogP contribution in [0, 0.1) is 0 Å². The molecule has 128 valence electrons. The Morgan fingerprint density at radius 2 is 1.92 bits per heavy atom. The number of para-hydroxylation sites is 1. The number of phenolic OH excluding ortho intramolecular Hbond substituents is 2. The standard InChI is InChI=1S/C17H16N4O3S/c1-25-17-20-19-16(11-24-13-5-3-2-4-6-13)21(17)18-10-12-7-8-14(22)15(23)9-12/h2-10,22-23H,11H2,1H3/b18-10-. The van der Waals surface area contributed by atoms with E-state index >= 15 is 0 Å².